The second kappa shape index (κ2) is 8.81. The Hall–Kier alpha value is -4.08. The highest BCUT2D eigenvalue weighted by Gasteiger charge is 2.27. The molecule has 0 aliphatic carbocycles. The van der Waals surface area contributed by atoms with Gasteiger partial charge in [0.2, 0.25) is 0 Å². The Morgan fingerprint density at radius 2 is 1.85 bits per heavy atom. The zero-order valence-electron chi connectivity index (χ0n) is 17.3. The van der Waals surface area contributed by atoms with Crippen molar-refractivity contribution < 1.29 is 27.1 Å². The maximum Gasteiger partial charge on any atom is 0.405 e. The SMILES string of the molecule is COc1cc(-c2ccn3c(-c4cccc(NC(=O)NCC(F)(F)F)c4)cnc3c2)ccc1F. The van der Waals surface area contributed by atoms with Crippen molar-refractivity contribution in [2.24, 2.45) is 0 Å². The molecule has 0 spiro atoms. The Morgan fingerprint density at radius 1 is 1.06 bits per heavy atom. The summed E-state index contributed by atoms with van der Waals surface area (Å²) in [7, 11) is 1.40. The Labute approximate surface area is 185 Å². The summed E-state index contributed by atoms with van der Waals surface area (Å²) >= 11 is 0. The molecule has 33 heavy (non-hydrogen) atoms. The third-order valence-corrected chi connectivity index (χ3v) is 4.86. The van der Waals surface area contributed by atoms with Crippen LogP contribution >= 0.6 is 0 Å². The van der Waals surface area contributed by atoms with Gasteiger partial charge in [-0.1, -0.05) is 18.2 Å². The number of methoxy groups -OCH3 is 1. The number of hydrogen-bond donors (Lipinski definition) is 2. The second-order valence-corrected chi connectivity index (χ2v) is 7.14. The molecule has 2 aromatic carbocycles. The van der Waals surface area contributed by atoms with Crippen LogP contribution in [0.25, 0.3) is 28.0 Å². The molecule has 2 heterocycles. The lowest BCUT2D eigenvalue weighted by molar-refractivity contribution is -0.122. The monoisotopic (exact) mass is 458 g/mol. The van der Waals surface area contributed by atoms with Gasteiger partial charge in [-0.3, -0.25) is 4.40 Å². The molecular weight excluding hydrogens is 440 g/mol. The van der Waals surface area contributed by atoms with E-state index in [1.54, 1.807) is 54.1 Å². The number of ether oxygens (including phenoxy) is 1. The second-order valence-electron chi connectivity index (χ2n) is 7.14. The number of rotatable bonds is 5. The van der Waals surface area contributed by atoms with Gasteiger partial charge in [-0.05, 0) is 47.5 Å². The van der Waals surface area contributed by atoms with Crippen LogP contribution in [0.5, 0.6) is 5.75 Å². The van der Waals surface area contributed by atoms with E-state index in [0.29, 0.717) is 22.6 Å². The number of aromatic nitrogens is 2. The van der Waals surface area contributed by atoms with Crippen LogP contribution in [0.15, 0.2) is 67.0 Å². The van der Waals surface area contributed by atoms with E-state index in [-0.39, 0.29) is 5.75 Å². The molecule has 0 aliphatic heterocycles. The van der Waals surface area contributed by atoms with Crippen LogP contribution in [0.3, 0.4) is 0 Å². The zero-order valence-corrected chi connectivity index (χ0v) is 17.3. The van der Waals surface area contributed by atoms with E-state index in [0.717, 1.165) is 11.1 Å². The molecule has 4 aromatic rings. The number of imidazole rings is 1. The number of anilines is 1. The smallest absolute Gasteiger partial charge is 0.405 e. The standard InChI is InChI=1S/C23H18F4N4O2/c1-33-20-10-14(5-6-18(20)24)15-7-8-31-19(12-28-21(31)11-15)16-3-2-4-17(9-16)30-22(32)29-13-23(25,26)27/h2-12H,13H2,1H3,(H2,29,30,32). The lowest BCUT2D eigenvalue weighted by Crippen LogP contribution is -2.36. The van der Waals surface area contributed by atoms with E-state index in [1.807, 2.05) is 16.5 Å². The Morgan fingerprint density at radius 3 is 2.61 bits per heavy atom. The lowest BCUT2D eigenvalue weighted by atomic mass is 10.1. The first-order valence-electron chi connectivity index (χ1n) is 9.76. The number of nitrogens with one attached hydrogen (secondary N) is 2. The minimum Gasteiger partial charge on any atom is -0.494 e. The summed E-state index contributed by atoms with van der Waals surface area (Å²) in [5.41, 5.74) is 3.95. The van der Waals surface area contributed by atoms with Crippen LogP contribution < -0.4 is 15.4 Å². The maximum atomic E-state index is 13.7. The molecule has 0 saturated heterocycles. The lowest BCUT2D eigenvalue weighted by Gasteiger charge is -2.11. The summed E-state index contributed by atoms with van der Waals surface area (Å²) in [5.74, 6) is -0.314. The fraction of sp³-hybridized carbons (Fsp3) is 0.130. The molecule has 6 nitrogen and oxygen atoms in total. The zero-order chi connectivity index (χ0) is 23.6. The van der Waals surface area contributed by atoms with Gasteiger partial charge in [0.1, 0.15) is 12.2 Å². The molecule has 0 unspecified atom stereocenters. The maximum absolute atomic E-state index is 13.7. The summed E-state index contributed by atoms with van der Waals surface area (Å²) in [5, 5.41) is 4.15. The molecule has 2 amide bonds. The number of pyridine rings is 1. The first kappa shape index (κ1) is 22.1. The highest BCUT2D eigenvalue weighted by molar-refractivity contribution is 5.90. The normalized spacial score (nSPS) is 11.4. The Kier molecular flexibility index (Phi) is 5.91. The largest absolute Gasteiger partial charge is 0.494 e. The van der Waals surface area contributed by atoms with Crippen LogP contribution in [-0.4, -0.2) is 35.2 Å². The fourth-order valence-corrected chi connectivity index (χ4v) is 3.33. The number of hydrogen-bond acceptors (Lipinski definition) is 3. The van der Waals surface area contributed by atoms with Crippen molar-refractivity contribution in [2.75, 3.05) is 19.0 Å². The van der Waals surface area contributed by atoms with E-state index in [9.17, 15) is 22.4 Å². The Bertz CT molecular complexity index is 1320. The highest BCUT2D eigenvalue weighted by Crippen LogP contribution is 2.29. The molecular formula is C23H18F4N4O2. The third-order valence-electron chi connectivity index (χ3n) is 4.86. The number of carbonyl (C=O) groups excluding carboxylic acids is 1. The molecule has 0 atom stereocenters. The fourth-order valence-electron chi connectivity index (χ4n) is 3.33. The minimum atomic E-state index is -4.49. The van der Waals surface area contributed by atoms with Gasteiger partial charge in [-0.2, -0.15) is 13.2 Å². The number of nitrogens with zero attached hydrogens (tertiary/aromatic N) is 2. The molecule has 170 valence electrons. The predicted molar refractivity (Wildman–Crippen MR) is 116 cm³/mol. The summed E-state index contributed by atoms with van der Waals surface area (Å²) in [6, 6.07) is 14.0. The minimum absolute atomic E-state index is 0.139. The van der Waals surface area contributed by atoms with Gasteiger partial charge in [-0.15, -0.1) is 0 Å². The molecule has 0 saturated carbocycles. The molecule has 4 rings (SSSR count). The van der Waals surface area contributed by atoms with Crippen molar-refractivity contribution in [3.8, 4) is 28.1 Å². The van der Waals surface area contributed by atoms with Crippen LogP contribution in [0.1, 0.15) is 0 Å². The average molecular weight is 458 g/mol. The quantitative estimate of drug-likeness (QED) is 0.388. The number of urea groups is 1. The molecule has 0 bridgehead atoms. The third kappa shape index (κ3) is 5.05. The van der Waals surface area contributed by atoms with Gasteiger partial charge in [0.05, 0.1) is 19.0 Å². The predicted octanol–water partition coefficient (Wildman–Crippen LogP) is 5.50. The topological polar surface area (TPSA) is 67.7 Å². The van der Waals surface area contributed by atoms with Crippen molar-refractivity contribution in [3.63, 3.8) is 0 Å². The van der Waals surface area contributed by atoms with Crippen LogP contribution in [-0.2, 0) is 0 Å². The van der Waals surface area contributed by atoms with Gasteiger partial charge >= 0.3 is 12.2 Å². The van der Waals surface area contributed by atoms with E-state index in [1.165, 1.54) is 13.2 Å². The van der Waals surface area contributed by atoms with E-state index >= 15 is 0 Å². The summed E-state index contributed by atoms with van der Waals surface area (Å²) < 4.78 is 57.4. The van der Waals surface area contributed by atoms with Gasteiger partial charge in [0.15, 0.2) is 11.6 Å². The van der Waals surface area contributed by atoms with E-state index < -0.39 is 24.6 Å². The molecule has 2 aromatic heterocycles. The summed E-state index contributed by atoms with van der Waals surface area (Å²) in [6.07, 6.45) is -1.04. The molecule has 0 aliphatic rings. The van der Waals surface area contributed by atoms with E-state index in [2.05, 4.69) is 10.3 Å². The number of carbonyl (C=O) groups is 1. The molecule has 10 heteroatoms. The Balaban J connectivity index is 1.58. The summed E-state index contributed by atoms with van der Waals surface area (Å²) in [4.78, 5) is 16.2. The number of benzene rings is 2. The number of alkyl halides is 3. The average Bonchev–Trinajstić information content (AvgIpc) is 3.21. The summed E-state index contributed by atoms with van der Waals surface area (Å²) in [6.45, 7) is -1.42. The number of halogens is 4. The van der Waals surface area contributed by atoms with Gasteiger partial charge < -0.3 is 15.4 Å². The van der Waals surface area contributed by atoms with Gasteiger partial charge in [-0.25, -0.2) is 14.2 Å². The molecule has 0 fully saturated rings. The first-order chi connectivity index (χ1) is 15.7. The van der Waals surface area contributed by atoms with Crippen molar-refractivity contribution in [3.05, 3.63) is 72.8 Å². The van der Waals surface area contributed by atoms with Gasteiger partial charge in [0, 0.05) is 17.4 Å². The van der Waals surface area contributed by atoms with Crippen LogP contribution in [0.4, 0.5) is 28.0 Å². The van der Waals surface area contributed by atoms with Crippen molar-refractivity contribution >= 4 is 17.4 Å². The van der Waals surface area contributed by atoms with Gasteiger partial charge in [0.25, 0.3) is 0 Å². The molecule has 0 radical (unpaired) electrons. The van der Waals surface area contributed by atoms with Crippen molar-refractivity contribution in [1.29, 1.82) is 0 Å². The number of amides is 2. The number of fused-ring (bicyclic) bond motifs is 1. The first-order valence-corrected chi connectivity index (χ1v) is 9.76. The van der Waals surface area contributed by atoms with Crippen LogP contribution in [0, 0.1) is 5.82 Å². The van der Waals surface area contributed by atoms with Crippen LogP contribution in [0.2, 0.25) is 0 Å². The van der Waals surface area contributed by atoms with Crippen molar-refractivity contribution in [1.82, 2.24) is 14.7 Å². The van der Waals surface area contributed by atoms with Crippen molar-refractivity contribution in [2.45, 2.75) is 6.18 Å². The molecule has 2 N–H and O–H groups in total. The van der Waals surface area contributed by atoms with E-state index in [4.69, 9.17) is 4.74 Å². The highest BCUT2D eigenvalue weighted by atomic mass is 19.4.